The Labute approximate surface area is 112 Å². The van der Waals surface area contributed by atoms with Crippen LogP contribution in [0.4, 0.5) is 0 Å². The summed E-state index contributed by atoms with van der Waals surface area (Å²) in [6, 6.07) is 8.39. The van der Waals surface area contributed by atoms with Gasteiger partial charge in [0.1, 0.15) is 5.65 Å². The topological polar surface area (TPSA) is 30.7 Å². The van der Waals surface area contributed by atoms with E-state index < -0.39 is 0 Å². The second-order valence-corrected chi connectivity index (χ2v) is 5.00. The molecule has 19 heavy (non-hydrogen) atoms. The average Bonchev–Trinajstić information content (AvgIpc) is 2.80. The molecule has 0 unspecified atom stereocenters. The summed E-state index contributed by atoms with van der Waals surface area (Å²) in [6.07, 6.45) is 3.93. The monoisotopic (exact) mass is 251 g/mol. The first-order valence-corrected chi connectivity index (χ1v) is 6.49. The fraction of sp³-hybridized carbons (Fsp3) is 0.250. The second-order valence-electron chi connectivity index (χ2n) is 5.00. The van der Waals surface area contributed by atoms with E-state index in [-0.39, 0.29) is 0 Å². The van der Waals surface area contributed by atoms with Crippen molar-refractivity contribution in [3.05, 3.63) is 59.2 Å². The molecule has 0 bridgehead atoms. The predicted octanol–water partition coefficient (Wildman–Crippen LogP) is 3.40. The molecule has 0 aliphatic heterocycles. The zero-order chi connectivity index (χ0) is 13.4. The van der Waals surface area contributed by atoms with Crippen LogP contribution in [-0.2, 0) is 6.54 Å². The minimum atomic E-state index is 0.820. The highest BCUT2D eigenvalue weighted by molar-refractivity contribution is 5.75. The van der Waals surface area contributed by atoms with Crippen molar-refractivity contribution < 1.29 is 0 Å². The number of nitrogens with zero attached hydrogens (tertiary/aromatic N) is 3. The number of hydrogen-bond donors (Lipinski definition) is 0. The molecule has 0 fully saturated rings. The predicted molar refractivity (Wildman–Crippen MR) is 77.3 cm³/mol. The Bertz CT molecular complexity index is 741. The van der Waals surface area contributed by atoms with Crippen LogP contribution < -0.4 is 0 Å². The molecule has 0 amide bonds. The number of rotatable bonds is 2. The van der Waals surface area contributed by atoms with Gasteiger partial charge in [-0.1, -0.05) is 6.07 Å². The summed E-state index contributed by atoms with van der Waals surface area (Å²) in [5.41, 5.74) is 5.73. The Kier molecular flexibility index (Phi) is 2.82. The Morgan fingerprint density at radius 2 is 1.95 bits per heavy atom. The maximum Gasteiger partial charge on any atom is 0.140 e. The first-order valence-electron chi connectivity index (χ1n) is 6.49. The van der Waals surface area contributed by atoms with E-state index in [1.165, 1.54) is 16.5 Å². The van der Waals surface area contributed by atoms with E-state index in [9.17, 15) is 0 Å². The first kappa shape index (κ1) is 11.9. The summed E-state index contributed by atoms with van der Waals surface area (Å²) in [7, 11) is 0. The van der Waals surface area contributed by atoms with Gasteiger partial charge in [0.2, 0.25) is 0 Å². The molecule has 3 rings (SSSR count). The van der Waals surface area contributed by atoms with E-state index in [1.54, 1.807) is 0 Å². The lowest BCUT2D eigenvalue weighted by Crippen LogP contribution is -2.04. The molecule has 3 nitrogen and oxygen atoms in total. The van der Waals surface area contributed by atoms with Crippen LogP contribution in [0.5, 0.6) is 0 Å². The third-order valence-corrected chi connectivity index (χ3v) is 3.63. The quantitative estimate of drug-likeness (QED) is 0.699. The molecule has 0 saturated heterocycles. The average molecular weight is 251 g/mol. The van der Waals surface area contributed by atoms with Gasteiger partial charge in [-0.05, 0) is 50.1 Å². The molecule has 3 aromatic heterocycles. The molecule has 96 valence electrons. The van der Waals surface area contributed by atoms with Gasteiger partial charge < -0.3 is 4.57 Å². The highest BCUT2D eigenvalue weighted by Gasteiger charge is 2.07. The van der Waals surface area contributed by atoms with Gasteiger partial charge in [0.25, 0.3) is 0 Å². The van der Waals surface area contributed by atoms with E-state index in [2.05, 4.69) is 59.7 Å². The number of aromatic nitrogens is 3. The van der Waals surface area contributed by atoms with Gasteiger partial charge in [-0.15, -0.1) is 0 Å². The van der Waals surface area contributed by atoms with Crippen LogP contribution >= 0.6 is 0 Å². The summed E-state index contributed by atoms with van der Waals surface area (Å²) >= 11 is 0. The lowest BCUT2D eigenvalue weighted by molar-refractivity contribution is 0.807. The lowest BCUT2D eigenvalue weighted by atomic mass is 10.1. The second kappa shape index (κ2) is 4.50. The van der Waals surface area contributed by atoms with Gasteiger partial charge in [0, 0.05) is 29.2 Å². The summed E-state index contributed by atoms with van der Waals surface area (Å²) in [5.74, 6) is 0. The molecule has 0 aromatic carbocycles. The molecule has 0 aliphatic carbocycles. The maximum absolute atomic E-state index is 4.60. The maximum atomic E-state index is 4.60. The van der Waals surface area contributed by atoms with Crippen molar-refractivity contribution in [2.45, 2.75) is 27.3 Å². The minimum Gasteiger partial charge on any atom is -0.328 e. The van der Waals surface area contributed by atoms with E-state index in [1.807, 2.05) is 12.3 Å². The normalized spacial score (nSPS) is 11.1. The van der Waals surface area contributed by atoms with Crippen LogP contribution in [0.3, 0.4) is 0 Å². The molecule has 0 radical (unpaired) electrons. The number of pyridine rings is 2. The number of fused-ring (bicyclic) bond motifs is 1. The van der Waals surface area contributed by atoms with Crippen LogP contribution in [0.2, 0.25) is 0 Å². The zero-order valence-corrected chi connectivity index (χ0v) is 11.5. The summed E-state index contributed by atoms with van der Waals surface area (Å²) in [5, 5.41) is 1.18. The Morgan fingerprint density at radius 1 is 1.11 bits per heavy atom. The molecule has 3 heterocycles. The molecule has 0 spiro atoms. The highest BCUT2D eigenvalue weighted by atomic mass is 15.0. The smallest absolute Gasteiger partial charge is 0.140 e. The fourth-order valence-electron chi connectivity index (χ4n) is 2.37. The Hall–Kier alpha value is -2.16. The van der Waals surface area contributed by atoms with Crippen molar-refractivity contribution in [1.82, 2.24) is 14.5 Å². The first-order chi connectivity index (χ1) is 9.15. The summed E-state index contributed by atoms with van der Waals surface area (Å²) in [4.78, 5) is 9.05. The summed E-state index contributed by atoms with van der Waals surface area (Å²) < 4.78 is 2.17. The van der Waals surface area contributed by atoms with Crippen molar-refractivity contribution in [2.24, 2.45) is 0 Å². The number of hydrogen-bond acceptors (Lipinski definition) is 2. The van der Waals surface area contributed by atoms with E-state index >= 15 is 0 Å². The SMILES string of the molecule is Cc1cc(Cn2ccc3cccnc32)c(C)nc1C. The van der Waals surface area contributed by atoms with Crippen LogP contribution in [-0.4, -0.2) is 14.5 Å². The molecular weight excluding hydrogens is 234 g/mol. The standard InChI is InChI=1S/C16H17N3/c1-11-9-15(13(3)18-12(11)2)10-19-8-6-14-5-4-7-17-16(14)19/h4-9H,10H2,1-3H3. The largest absolute Gasteiger partial charge is 0.328 e. The molecule has 0 atom stereocenters. The van der Waals surface area contributed by atoms with Crippen molar-refractivity contribution in [1.29, 1.82) is 0 Å². The van der Waals surface area contributed by atoms with Gasteiger partial charge in [0.05, 0.1) is 6.54 Å². The van der Waals surface area contributed by atoms with Crippen LogP contribution in [0.15, 0.2) is 36.7 Å². The Balaban J connectivity index is 2.04. The van der Waals surface area contributed by atoms with Crippen LogP contribution in [0, 0.1) is 20.8 Å². The van der Waals surface area contributed by atoms with Gasteiger partial charge in [-0.25, -0.2) is 4.98 Å². The molecular formula is C16H17N3. The zero-order valence-electron chi connectivity index (χ0n) is 11.5. The highest BCUT2D eigenvalue weighted by Crippen LogP contribution is 2.17. The van der Waals surface area contributed by atoms with Gasteiger partial charge in [-0.2, -0.15) is 0 Å². The minimum absolute atomic E-state index is 0.820. The van der Waals surface area contributed by atoms with E-state index in [0.717, 1.165) is 23.6 Å². The Morgan fingerprint density at radius 3 is 2.79 bits per heavy atom. The van der Waals surface area contributed by atoms with Gasteiger partial charge in [0.15, 0.2) is 0 Å². The molecule has 3 heteroatoms. The van der Waals surface area contributed by atoms with Gasteiger partial charge in [-0.3, -0.25) is 4.98 Å². The van der Waals surface area contributed by atoms with E-state index in [4.69, 9.17) is 0 Å². The lowest BCUT2D eigenvalue weighted by Gasteiger charge is -2.10. The van der Waals surface area contributed by atoms with E-state index in [0.29, 0.717) is 0 Å². The van der Waals surface area contributed by atoms with Crippen LogP contribution in [0.1, 0.15) is 22.5 Å². The summed E-state index contributed by atoms with van der Waals surface area (Å²) in [6.45, 7) is 7.05. The number of aryl methyl sites for hydroxylation is 3. The molecule has 3 aromatic rings. The third kappa shape index (κ3) is 2.12. The van der Waals surface area contributed by atoms with Crippen molar-refractivity contribution in [2.75, 3.05) is 0 Å². The van der Waals surface area contributed by atoms with Crippen molar-refractivity contribution >= 4 is 11.0 Å². The van der Waals surface area contributed by atoms with Crippen LogP contribution in [0.25, 0.3) is 11.0 Å². The molecule has 0 N–H and O–H groups in total. The van der Waals surface area contributed by atoms with Crippen molar-refractivity contribution in [3.8, 4) is 0 Å². The molecule has 0 saturated carbocycles. The third-order valence-electron chi connectivity index (χ3n) is 3.63. The van der Waals surface area contributed by atoms with Crippen molar-refractivity contribution in [3.63, 3.8) is 0 Å². The fourth-order valence-corrected chi connectivity index (χ4v) is 2.37. The van der Waals surface area contributed by atoms with Gasteiger partial charge >= 0.3 is 0 Å². The molecule has 0 aliphatic rings.